The highest BCUT2D eigenvalue weighted by atomic mass is 35.5. The van der Waals surface area contributed by atoms with E-state index in [0.717, 1.165) is 13.0 Å². The fraction of sp³-hybridized carbons (Fsp3) is 0.500. The summed E-state index contributed by atoms with van der Waals surface area (Å²) in [6, 6.07) is 3.76. The van der Waals surface area contributed by atoms with Gasteiger partial charge in [-0.2, -0.15) is 0 Å². The highest BCUT2D eigenvalue weighted by Gasteiger charge is 2.14. The lowest BCUT2D eigenvalue weighted by molar-refractivity contribution is 0.574. The number of benzene rings is 1. The number of aryl methyl sites for hydroxylation is 1. The van der Waals surface area contributed by atoms with E-state index in [1.807, 2.05) is 6.92 Å². The van der Waals surface area contributed by atoms with Gasteiger partial charge in [-0.3, -0.25) is 0 Å². The van der Waals surface area contributed by atoms with Crippen molar-refractivity contribution in [2.24, 2.45) is 0 Å². The molecule has 7 heteroatoms. The van der Waals surface area contributed by atoms with Crippen LogP contribution in [0.5, 0.6) is 0 Å². The van der Waals surface area contributed by atoms with Gasteiger partial charge in [0, 0.05) is 13.1 Å². The Kier molecular flexibility index (Phi) is 8.17. The molecule has 0 heterocycles. The molecule has 19 heavy (non-hydrogen) atoms. The van der Waals surface area contributed by atoms with Gasteiger partial charge in [-0.25, -0.2) is 17.5 Å². The Labute approximate surface area is 120 Å². The van der Waals surface area contributed by atoms with E-state index in [1.165, 1.54) is 25.1 Å². The smallest absolute Gasteiger partial charge is 0.240 e. The third kappa shape index (κ3) is 5.86. The fourth-order valence-electron chi connectivity index (χ4n) is 1.44. The first kappa shape index (κ1) is 18.3. The first-order valence-electron chi connectivity index (χ1n) is 5.94. The van der Waals surface area contributed by atoms with Gasteiger partial charge in [-0.1, -0.05) is 6.92 Å². The molecule has 0 radical (unpaired) electrons. The molecule has 0 aliphatic heterocycles. The highest BCUT2D eigenvalue weighted by Crippen LogP contribution is 2.13. The van der Waals surface area contributed by atoms with E-state index in [9.17, 15) is 12.8 Å². The second-order valence-corrected chi connectivity index (χ2v) is 5.83. The summed E-state index contributed by atoms with van der Waals surface area (Å²) in [6.07, 6.45) is 1.00. The zero-order chi connectivity index (χ0) is 13.6. The van der Waals surface area contributed by atoms with E-state index in [0.29, 0.717) is 18.7 Å². The molecule has 0 bridgehead atoms. The molecule has 2 N–H and O–H groups in total. The van der Waals surface area contributed by atoms with E-state index in [-0.39, 0.29) is 17.3 Å². The number of hydrogen-bond acceptors (Lipinski definition) is 3. The molecule has 0 saturated heterocycles. The van der Waals surface area contributed by atoms with Crippen molar-refractivity contribution in [2.45, 2.75) is 25.2 Å². The van der Waals surface area contributed by atoms with Crippen molar-refractivity contribution >= 4 is 22.4 Å². The van der Waals surface area contributed by atoms with Crippen LogP contribution in [0.4, 0.5) is 4.39 Å². The predicted octanol–water partition coefficient (Wildman–Crippen LogP) is 1.83. The summed E-state index contributed by atoms with van der Waals surface area (Å²) in [5.41, 5.74) is 0.321. The van der Waals surface area contributed by atoms with Crippen LogP contribution < -0.4 is 10.0 Å². The maximum absolute atomic E-state index is 13.1. The zero-order valence-electron chi connectivity index (χ0n) is 11.1. The van der Waals surface area contributed by atoms with Gasteiger partial charge in [0.2, 0.25) is 10.0 Å². The molecule has 0 aliphatic carbocycles. The molecule has 0 unspecified atom stereocenters. The molecule has 110 valence electrons. The van der Waals surface area contributed by atoms with Crippen LogP contribution in [0.3, 0.4) is 0 Å². The van der Waals surface area contributed by atoms with Crippen molar-refractivity contribution in [3.8, 4) is 0 Å². The second kappa shape index (κ2) is 8.47. The van der Waals surface area contributed by atoms with Gasteiger partial charge in [0.1, 0.15) is 5.82 Å². The number of rotatable bonds is 7. The summed E-state index contributed by atoms with van der Waals surface area (Å²) in [5, 5.41) is 3.09. The average molecular weight is 311 g/mol. The highest BCUT2D eigenvalue weighted by molar-refractivity contribution is 7.89. The molecule has 0 atom stereocenters. The van der Waals surface area contributed by atoms with Crippen molar-refractivity contribution in [1.29, 1.82) is 0 Å². The Morgan fingerprint density at radius 3 is 2.47 bits per heavy atom. The monoisotopic (exact) mass is 310 g/mol. The van der Waals surface area contributed by atoms with Crippen LogP contribution in [0.25, 0.3) is 0 Å². The Hall–Kier alpha value is -0.690. The molecule has 0 amide bonds. The van der Waals surface area contributed by atoms with Crippen LogP contribution in [0.1, 0.15) is 18.9 Å². The van der Waals surface area contributed by atoms with Crippen molar-refractivity contribution in [1.82, 2.24) is 10.0 Å². The lowest BCUT2D eigenvalue weighted by Gasteiger charge is -2.08. The molecule has 1 aromatic rings. The van der Waals surface area contributed by atoms with Gasteiger partial charge in [0.25, 0.3) is 0 Å². The second-order valence-electron chi connectivity index (χ2n) is 4.06. The third-order valence-electron chi connectivity index (χ3n) is 2.46. The number of nitrogens with one attached hydrogen (secondary N) is 2. The van der Waals surface area contributed by atoms with E-state index < -0.39 is 15.8 Å². The van der Waals surface area contributed by atoms with Gasteiger partial charge in [0.15, 0.2) is 0 Å². The maximum atomic E-state index is 13.1. The predicted molar refractivity (Wildman–Crippen MR) is 76.7 cm³/mol. The summed E-state index contributed by atoms with van der Waals surface area (Å²) in [6.45, 7) is 5.33. The van der Waals surface area contributed by atoms with E-state index >= 15 is 0 Å². The van der Waals surface area contributed by atoms with Crippen LogP contribution in [0, 0.1) is 12.7 Å². The fourth-order valence-corrected chi connectivity index (χ4v) is 2.56. The van der Waals surface area contributed by atoms with Gasteiger partial charge < -0.3 is 5.32 Å². The Morgan fingerprint density at radius 2 is 1.89 bits per heavy atom. The minimum atomic E-state index is -3.54. The van der Waals surface area contributed by atoms with Crippen LogP contribution in [0.15, 0.2) is 23.1 Å². The molecule has 1 rings (SSSR count). The molecule has 0 aromatic heterocycles. The molecule has 0 fully saturated rings. The van der Waals surface area contributed by atoms with Crippen molar-refractivity contribution in [2.75, 3.05) is 19.6 Å². The minimum Gasteiger partial charge on any atom is -0.315 e. The van der Waals surface area contributed by atoms with E-state index in [1.54, 1.807) is 0 Å². The molecule has 1 aromatic carbocycles. The lowest BCUT2D eigenvalue weighted by atomic mass is 10.2. The molecule has 0 spiro atoms. The largest absolute Gasteiger partial charge is 0.315 e. The quantitative estimate of drug-likeness (QED) is 0.756. The van der Waals surface area contributed by atoms with Crippen LogP contribution in [-0.4, -0.2) is 28.1 Å². The van der Waals surface area contributed by atoms with Crippen molar-refractivity contribution in [3.63, 3.8) is 0 Å². The van der Waals surface area contributed by atoms with Gasteiger partial charge in [-0.15, -0.1) is 12.4 Å². The van der Waals surface area contributed by atoms with Crippen molar-refractivity contribution in [3.05, 3.63) is 29.6 Å². The Balaban J connectivity index is 0.00000324. The summed E-state index contributed by atoms with van der Waals surface area (Å²) < 4.78 is 39.3. The number of halogens is 2. The van der Waals surface area contributed by atoms with Gasteiger partial charge >= 0.3 is 0 Å². The van der Waals surface area contributed by atoms with Crippen LogP contribution in [0.2, 0.25) is 0 Å². The third-order valence-corrected chi connectivity index (χ3v) is 3.92. The number of sulfonamides is 1. The molecule has 0 aliphatic rings. The van der Waals surface area contributed by atoms with E-state index in [2.05, 4.69) is 10.0 Å². The van der Waals surface area contributed by atoms with Gasteiger partial charge in [0.05, 0.1) is 4.90 Å². The lowest BCUT2D eigenvalue weighted by Crippen LogP contribution is -2.32. The SMILES string of the molecule is CCCNCCNS(=O)(=O)c1ccc(F)c(C)c1.Cl. The Bertz CT molecular complexity index is 495. The average Bonchev–Trinajstić information content (AvgIpc) is 2.32. The molecule has 4 nitrogen and oxygen atoms in total. The van der Waals surface area contributed by atoms with Crippen LogP contribution in [-0.2, 0) is 10.0 Å². The number of hydrogen-bond donors (Lipinski definition) is 2. The molecule has 0 saturated carbocycles. The molecular formula is C12H20ClFN2O2S. The van der Waals surface area contributed by atoms with Gasteiger partial charge in [-0.05, 0) is 43.7 Å². The first-order valence-corrected chi connectivity index (χ1v) is 7.42. The standard InChI is InChI=1S/C12H19FN2O2S.ClH/c1-3-6-14-7-8-15-18(16,17)11-4-5-12(13)10(2)9-11;/h4-5,9,14-15H,3,6-8H2,1-2H3;1H. The summed E-state index contributed by atoms with van der Waals surface area (Å²) in [4.78, 5) is 0.0943. The summed E-state index contributed by atoms with van der Waals surface area (Å²) in [7, 11) is -3.54. The van der Waals surface area contributed by atoms with Crippen LogP contribution >= 0.6 is 12.4 Å². The first-order chi connectivity index (χ1) is 8.47. The zero-order valence-corrected chi connectivity index (χ0v) is 12.7. The maximum Gasteiger partial charge on any atom is 0.240 e. The Morgan fingerprint density at radius 1 is 1.21 bits per heavy atom. The normalized spacial score (nSPS) is 11.1. The molecular weight excluding hydrogens is 291 g/mol. The minimum absolute atomic E-state index is 0. The van der Waals surface area contributed by atoms with Crippen molar-refractivity contribution < 1.29 is 12.8 Å². The summed E-state index contributed by atoms with van der Waals surface area (Å²) in [5.74, 6) is -0.404. The van der Waals surface area contributed by atoms with E-state index in [4.69, 9.17) is 0 Å². The summed E-state index contributed by atoms with van der Waals surface area (Å²) >= 11 is 0. The topological polar surface area (TPSA) is 58.2 Å².